The molecule has 0 amide bonds. The van der Waals surface area contributed by atoms with Crippen molar-refractivity contribution in [3.63, 3.8) is 0 Å². The molecule has 0 heterocycles. The summed E-state index contributed by atoms with van der Waals surface area (Å²) in [5.74, 6) is 2.34. The molecule has 16 heavy (non-hydrogen) atoms. The maximum absolute atomic E-state index is 11.7. The van der Waals surface area contributed by atoms with E-state index in [2.05, 4.69) is 10.6 Å². The third kappa shape index (κ3) is 3.39. The molecule has 1 rings (SSSR count). The van der Waals surface area contributed by atoms with Crippen molar-refractivity contribution in [2.45, 2.75) is 11.3 Å². The van der Waals surface area contributed by atoms with Crippen LogP contribution in [-0.2, 0) is 10.0 Å². The first-order valence-corrected chi connectivity index (χ1v) is 6.59. The van der Waals surface area contributed by atoms with Crippen molar-refractivity contribution >= 4 is 33.2 Å². The Morgan fingerprint density at radius 1 is 1.31 bits per heavy atom. The zero-order valence-corrected chi connectivity index (χ0v) is 10.5. The minimum Gasteiger partial charge on any atom is -0.210 e. The summed E-state index contributed by atoms with van der Waals surface area (Å²) < 4.78 is 25.7. The van der Waals surface area contributed by atoms with Crippen LogP contribution in [0.1, 0.15) is 6.42 Å². The van der Waals surface area contributed by atoms with Crippen LogP contribution in [0.4, 0.5) is 0 Å². The van der Waals surface area contributed by atoms with E-state index >= 15 is 0 Å². The smallest absolute Gasteiger partial charge is 0.210 e. The molecule has 0 aliphatic heterocycles. The second-order valence-electron chi connectivity index (χ2n) is 2.93. The predicted molar refractivity (Wildman–Crippen MR) is 65.1 cm³/mol. The summed E-state index contributed by atoms with van der Waals surface area (Å²) >= 11 is 11.4. The lowest BCUT2D eigenvalue weighted by atomic mass is 10.4. The Morgan fingerprint density at radius 3 is 2.56 bits per heavy atom. The molecular weight excluding hydrogens is 269 g/mol. The largest absolute Gasteiger partial charge is 0.240 e. The molecule has 1 N–H and O–H groups in total. The topological polar surface area (TPSA) is 46.2 Å². The third-order valence-electron chi connectivity index (χ3n) is 1.76. The molecule has 1 aromatic rings. The van der Waals surface area contributed by atoms with Gasteiger partial charge in [-0.3, -0.25) is 0 Å². The summed E-state index contributed by atoms with van der Waals surface area (Å²) in [5, 5.41) is 0.505. The molecular formula is C10H9Cl2NO2S. The Hall–Kier alpha value is -0.730. The SMILES string of the molecule is C#CCCNS(=O)(=O)c1ccc(Cl)c(Cl)c1. The molecule has 0 saturated carbocycles. The summed E-state index contributed by atoms with van der Waals surface area (Å²) in [4.78, 5) is 0.0684. The second kappa shape index (κ2) is 5.55. The van der Waals surface area contributed by atoms with E-state index in [9.17, 15) is 8.42 Å². The Morgan fingerprint density at radius 2 is 2.00 bits per heavy atom. The van der Waals surface area contributed by atoms with Crippen LogP contribution in [0.5, 0.6) is 0 Å². The van der Waals surface area contributed by atoms with E-state index in [0.29, 0.717) is 11.4 Å². The van der Waals surface area contributed by atoms with Crippen molar-refractivity contribution in [1.29, 1.82) is 0 Å². The highest BCUT2D eigenvalue weighted by Gasteiger charge is 2.14. The number of sulfonamides is 1. The monoisotopic (exact) mass is 277 g/mol. The summed E-state index contributed by atoms with van der Waals surface area (Å²) in [7, 11) is -3.56. The van der Waals surface area contributed by atoms with Crippen LogP contribution < -0.4 is 4.72 Å². The Bertz CT molecular complexity index is 520. The lowest BCUT2D eigenvalue weighted by Crippen LogP contribution is -2.24. The summed E-state index contributed by atoms with van der Waals surface area (Å²) in [6, 6.07) is 4.11. The van der Waals surface area contributed by atoms with Gasteiger partial charge in [-0.05, 0) is 18.2 Å². The van der Waals surface area contributed by atoms with Crippen LogP contribution >= 0.6 is 23.2 Å². The van der Waals surface area contributed by atoms with E-state index in [0.717, 1.165) is 0 Å². The van der Waals surface area contributed by atoms with Crippen LogP contribution in [0, 0.1) is 12.3 Å². The van der Waals surface area contributed by atoms with Gasteiger partial charge in [0.25, 0.3) is 0 Å². The number of rotatable bonds is 4. The third-order valence-corrected chi connectivity index (χ3v) is 3.96. The molecule has 86 valence electrons. The molecule has 0 aromatic heterocycles. The highest BCUT2D eigenvalue weighted by molar-refractivity contribution is 7.89. The highest BCUT2D eigenvalue weighted by atomic mass is 35.5. The first-order valence-electron chi connectivity index (χ1n) is 4.35. The van der Waals surface area contributed by atoms with Gasteiger partial charge >= 0.3 is 0 Å². The number of hydrogen-bond donors (Lipinski definition) is 1. The normalized spacial score (nSPS) is 11.1. The number of nitrogens with one attached hydrogen (secondary N) is 1. The Balaban J connectivity index is 2.91. The predicted octanol–water partition coefficient (Wildman–Crippen LogP) is 2.29. The fourth-order valence-electron chi connectivity index (χ4n) is 0.985. The number of halogens is 2. The lowest BCUT2D eigenvalue weighted by Gasteiger charge is -2.06. The molecule has 0 unspecified atom stereocenters. The average molecular weight is 278 g/mol. The van der Waals surface area contributed by atoms with E-state index in [1.807, 2.05) is 0 Å². The maximum atomic E-state index is 11.7. The summed E-state index contributed by atoms with van der Waals surface area (Å²) in [6.45, 7) is 0.194. The van der Waals surface area contributed by atoms with Gasteiger partial charge in [0.1, 0.15) is 0 Å². The van der Waals surface area contributed by atoms with E-state index in [-0.39, 0.29) is 16.5 Å². The van der Waals surface area contributed by atoms with Gasteiger partial charge in [-0.2, -0.15) is 0 Å². The number of terminal acetylenes is 1. The van der Waals surface area contributed by atoms with Gasteiger partial charge in [0.2, 0.25) is 10.0 Å². The molecule has 0 aliphatic carbocycles. The molecule has 0 saturated heterocycles. The molecule has 0 spiro atoms. The molecule has 3 nitrogen and oxygen atoms in total. The van der Waals surface area contributed by atoms with Crippen LogP contribution in [0.3, 0.4) is 0 Å². The summed E-state index contributed by atoms with van der Waals surface area (Å²) in [6.07, 6.45) is 5.35. The van der Waals surface area contributed by atoms with Gasteiger partial charge in [-0.25, -0.2) is 13.1 Å². The Labute approximate surface area is 105 Å². The minimum absolute atomic E-state index is 0.0684. The van der Waals surface area contributed by atoms with E-state index < -0.39 is 10.0 Å². The zero-order chi connectivity index (χ0) is 12.2. The fraction of sp³-hybridized carbons (Fsp3) is 0.200. The van der Waals surface area contributed by atoms with Gasteiger partial charge in [-0.1, -0.05) is 23.2 Å². The van der Waals surface area contributed by atoms with Crippen molar-refractivity contribution in [2.75, 3.05) is 6.54 Å². The molecule has 0 bridgehead atoms. The highest BCUT2D eigenvalue weighted by Crippen LogP contribution is 2.24. The number of hydrogen-bond acceptors (Lipinski definition) is 2. The van der Waals surface area contributed by atoms with Gasteiger partial charge in [0, 0.05) is 13.0 Å². The van der Waals surface area contributed by atoms with Crippen LogP contribution in [0.25, 0.3) is 0 Å². The van der Waals surface area contributed by atoms with Gasteiger partial charge < -0.3 is 0 Å². The minimum atomic E-state index is -3.56. The van der Waals surface area contributed by atoms with Crippen molar-refractivity contribution in [1.82, 2.24) is 4.72 Å². The maximum Gasteiger partial charge on any atom is 0.240 e. The molecule has 0 fully saturated rings. The van der Waals surface area contributed by atoms with Crippen molar-refractivity contribution in [2.24, 2.45) is 0 Å². The molecule has 1 aromatic carbocycles. The molecule has 6 heteroatoms. The van der Waals surface area contributed by atoms with Gasteiger partial charge in [0.05, 0.1) is 14.9 Å². The van der Waals surface area contributed by atoms with Crippen LogP contribution in [0.15, 0.2) is 23.1 Å². The fourth-order valence-corrected chi connectivity index (χ4v) is 2.41. The summed E-state index contributed by atoms with van der Waals surface area (Å²) in [5.41, 5.74) is 0. The van der Waals surface area contributed by atoms with Crippen LogP contribution in [-0.4, -0.2) is 15.0 Å². The van der Waals surface area contributed by atoms with Crippen molar-refractivity contribution < 1.29 is 8.42 Å². The molecule has 0 atom stereocenters. The van der Waals surface area contributed by atoms with Crippen molar-refractivity contribution in [3.05, 3.63) is 28.2 Å². The Kier molecular flexibility index (Phi) is 4.63. The van der Waals surface area contributed by atoms with Gasteiger partial charge in [-0.15, -0.1) is 12.3 Å². The van der Waals surface area contributed by atoms with E-state index in [1.165, 1.54) is 18.2 Å². The second-order valence-corrected chi connectivity index (χ2v) is 5.51. The first-order chi connectivity index (χ1) is 7.47. The first kappa shape index (κ1) is 13.3. The van der Waals surface area contributed by atoms with Gasteiger partial charge in [0.15, 0.2) is 0 Å². The van der Waals surface area contributed by atoms with Crippen molar-refractivity contribution in [3.8, 4) is 12.3 Å². The molecule has 0 radical (unpaired) electrons. The zero-order valence-electron chi connectivity index (χ0n) is 8.20. The van der Waals surface area contributed by atoms with E-state index in [1.54, 1.807) is 0 Å². The van der Waals surface area contributed by atoms with E-state index in [4.69, 9.17) is 29.6 Å². The quantitative estimate of drug-likeness (QED) is 0.678. The van der Waals surface area contributed by atoms with Crippen LogP contribution in [0.2, 0.25) is 10.0 Å². The lowest BCUT2D eigenvalue weighted by molar-refractivity contribution is 0.582. The number of benzene rings is 1. The molecule has 0 aliphatic rings. The average Bonchev–Trinajstić information content (AvgIpc) is 2.22. The standard InChI is InChI=1S/C10H9Cl2NO2S/c1-2-3-6-13-16(14,15)8-4-5-9(11)10(12)7-8/h1,4-5,7,13H,3,6H2.